The molecule has 1 unspecified atom stereocenters. The Morgan fingerprint density at radius 1 is 1.24 bits per heavy atom. The highest BCUT2D eigenvalue weighted by molar-refractivity contribution is 5.46. The van der Waals surface area contributed by atoms with Crippen LogP contribution in [0.25, 0.3) is 0 Å². The molecule has 4 heteroatoms. The van der Waals surface area contributed by atoms with Crippen LogP contribution in [0.15, 0.2) is 12.1 Å². The summed E-state index contributed by atoms with van der Waals surface area (Å²) in [5.74, 6) is 0.926. The molecule has 0 spiro atoms. The third-order valence-corrected chi connectivity index (χ3v) is 3.36. The Kier molecular flexibility index (Phi) is 2.89. The van der Waals surface area contributed by atoms with E-state index in [1.54, 1.807) is 6.07 Å². The highest BCUT2D eigenvalue weighted by atomic mass is 19.1. The Hall–Kier alpha value is -1.29. The minimum atomic E-state index is -0.300. The van der Waals surface area contributed by atoms with Crippen LogP contribution in [0.4, 0.5) is 4.39 Å². The number of benzene rings is 1. The first-order valence-corrected chi connectivity index (χ1v) is 6.14. The molecule has 0 aliphatic carbocycles. The minimum absolute atomic E-state index is 0.275. The number of halogens is 1. The van der Waals surface area contributed by atoms with Gasteiger partial charge in [-0.2, -0.15) is 0 Å². The van der Waals surface area contributed by atoms with Crippen molar-refractivity contribution in [3.63, 3.8) is 0 Å². The molecule has 17 heavy (non-hydrogen) atoms. The minimum Gasteiger partial charge on any atom is -0.489 e. The van der Waals surface area contributed by atoms with Gasteiger partial charge in [-0.15, -0.1) is 0 Å². The number of nitrogens with one attached hydrogen (secondary N) is 1. The van der Waals surface area contributed by atoms with Gasteiger partial charge in [-0.05, 0) is 36.6 Å². The van der Waals surface area contributed by atoms with Gasteiger partial charge < -0.3 is 14.8 Å². The number of hydrogen-bond donors (Lipinski definition) is 1. The van der Waals surface area contributed by atoms with E-state index in [1.807, 2.05) is 6.07 Å². The van der Waals surface area contributed by atoms with Crippen molar-refractivity contribution in [1.29, 1.82) is 0 Å². The van der Waals surface area contributed by atoms with E-state index < -0.39 is 0 Å². The molecule has 0 bridgehead atoms. The summed E-state index contributed by atoms with van der Waals surface area (Å²) in [6, 6.07) is 3.52. The smallest absolute Gasteiger partial charge is 0.197 e. The zero-order valence-electron chi connectivity index (χ0n) is 9.67. The summed E-state index contributed by atoms with van der Waals surface area (Å²) in [7, 11) is 0. The van der Waals surface area contributed by atoms with Gasteiger partial charge in [-0.3, -0.25) is 0 Å². The van der Waals surface area contributed by atoms with E-state index in [4.69, 9.17) is 9.47 Å². The fourth-order valence-electron chi connectivity index (χ4n) is 2.43. The molecule has 2 aliphatic rings. The van der Waals surface area contributed by atoms with Crippen LogP contribution in [0.2, 0.25) is 0 Å². The second-order valence-electron chi connectivity index (χ2n) is 4.57. The summed E-state index contributed by atoms with van der Waals surface area (Å²) >= 11 is 0. The van der Waals surface area contributed by atoms with Crippen molar-refractivity contribution in [2.45, 2.75) is 18.8 Å². The molecule has 1 atom stereocenters. The maximum atomic E-state index is 13.9. The normalized spacial score (nSPS) is 23.5. The van der Waals surface area contributed by atoms with E-state index in [0.29, 0.717) is 24.9 Å². The summed E-state index contributed by atoms with van der Waals surface area (Å²) < 4.78 is 24.9. The second kappa shape index (κ2) is 4.53. The first kappa shape index (κ1) is 10.8. The average molecular weight is 237 g/mol. The SMILES string of the molecule is Fc1cc(C2CCNC2)cc2c1OCCCO2. The first-order chi connectivity index (χ1) is 8.34. The zero-order valence-corrected chi connectivity index (χ0v) is 9.67. The van der Waals surface area contributed by atoms with E-state index in [2.05, 4.69) is 5.32 Å². The molecule has 1 aromatic rings. The molecule has 1 saturated heterocycles. The van der Waals surface area contributed by atoms with Gasteiger partial charge in [0.2, 0.25) is 0 Å². The molecule has 3 rings (SSSR count). The van der Waals surface area contributed by atoms with E-state index in [9.17, 15) is 4.39 Å². The van der Waals surface area contributed by atoms with Crippen molar-refractivity contribution in [3.05, 3.63) is 23.5 Å². The highest BCUT2D eigenvalue weighted by Crippen LogP contribution is 2.36. The van der Waals surface area contributed by atoms with Gasteiger partial charge in [-0.1, -0.05) is 0 Å². The predicted molar refractivity (Wildman–Crippen MR) is 62.2 cm³/mol. The van der Waals surface area contributed by atoms with Crippen molar-refractivity contribution in [2.24, 2.45) is 0 Å². The van der Waals surface area contributed by atoms with Crippen LogP contribution >= 0.6 is 0 Å². The largest absolute Gasteiger partial charge is 0.489 e. The Morgan fingerprint density at radius 3 is 2.94 bits per heavy atom. The lowest BCUT2D eigenvalue weighted by atomic mass is 9.98. The van der Waals surface area contributed by atoms with Gasteiger partial charge in [0.25, 0.3) is 0 Å². The third kappa shape index (κ3) is 2.09. The standard InChI is InChI=1S/C13H16FNO2/c14-11-6-10(9-2-3-15-8-9)7-12-13(11)17-5-1-4-16-12/h6-7,9,15H,1-5,8H2. The Balaban J connectivity index is 1.96. The predicted octanol–water partition coefficient (Wildman–Crippen LogP) is 2.06. The zero-order chi connectivity index (χ0) is 11.7. The van der Waals surface area contributed by atoms with Crippen LogP contribution in [0.5, 0.6) is 11.5 Å². The maximum absolute atomic E-state index is 13.9. The lowest BCUT2D eigenvalue weighted by Crippen LogP contribution is -2.08. The molecule has 0 saturated carbocycles. The van der Waals surface area contributed by atoms with E-state index in [1.165, 1.54) is 0 Å². The van der Waals surface area contributed by atoms with Gasteiger partial charge in [0.05, 0.1) is 13.2 Å². The van der Waals surface area contributed by atoms with Crippen LogP contribution in [0.1, 0.15) is 24.3 Å². The number of rotatable bonds is 1. The molecule has 0 radical (unpaired) electrons. The molecule has 1 N–H and O–H groups in total. The number of ether oxygens (including phenoxy) is 2. The van der Waals surface area contributed by atoms with E-state index in [0.717, 1.165) is 31.5 Å². The summed E-state index contributed by atoms with van der Waals surface area (Å²) in [4.78, 5) is 0. The number of fused-ring (bicyclic) bond motifs is 1. The Labute approximate surface area is 99.9 Å². The molecule has 3 nitrogen and oxygen atoms in total. The summed E-state index contributed by atoms with van der Waals surface area (Å²) in [5, 5.41) is 3.29. The number of hydrogen-bond acceptors (Lipinski definition) is 3. The molecule has 0 amide bonds. The molecule has 92 valence electrons. The van der Waals surface area contributed by atoms with Crippen LogP contribution < -0.4 is 14.8 Å². The third-order valence-electron chi connectivity index (χ3n) is 3.36. The lowest BCUT2D eigenvalue weighted by molar-refractivity contribution is 0.292. The second-order valence-corrected chi connectivity index (χ2v) is 4.57. The van der Waals surface area contributed by atoms with Gasteiger partial charge >= 0.3 is 0 Å². The molecule has 1 fully saturated rings. The molecular weight excluding hydrogens is 221 g/mol. The fourth-order valence-corrected chi connectivity index (χ4v) is 2.43. The van der Waals surface area contributed by atoms with Crippen LogP contribution in [-0.2, 0) is 0 Å². The Morgan fingerprint density at radius 2 is 2.12 bits per heavy atom. The molecule has 2 heterocycles. The van der Waals surface area contributed by atoms with Crippen LogP contribution in [0, 0.1) is 5.82 Å². The topological polar surface area (TPSA) is 30.5 Å². The molecular formula is C13H16FNO2. The van der Waals surface area contributed by atoms with Crippen molar-refractivity contribution < 1.29 is 13.9 Å². The summed E-state index contributed by atoms with van der Waals surface area (Å²) in [6.45, 7) is 3.03. The van der Waals surface area contributed by atoms with Gasteiger partial charge in [-0.25, -0.2) is 4.39 Å². The van der Waals surface area contributed by atoms with Gasteiger partial charge in [0.1, 0.15) is 0 Å². The lowest BCUT2D eigenvalue weighted by Gasteiger charge is -2.14. The average Bonchev–Trinajstić information content (AvgIpc) is 2.75. The van der Waals surface area contributed by atoms with Gasteiger partial charge in [0.15, 0.2) is 17.3 Å². The van der Waals surface area contributed by atoms with E-state index >= 15 is 0 Å². The van der Waals surface area contributed by atoms with Gasteiger partial charge in [0, 0.05) is 13.0 Å². The maximum Gasteiger partial charge on any atom is 0.197 e. The van der Waals surface area contributed by atoms with Crippen molar-refractivity contribution in [1.82, 2.24) is 5.32 Å². The molecule has 0 aromatic heterocycles. The summed E-state index contributed by atoms with van der Waals surface area (Å²) in [5.41, 5.74) is 1.01. The summed E-state index contributed by atoms with van der Waals surface area (Å²) in [6.07, 6.45) is 1.85. The monoisotopic (exact) mass is 237 g/mol. The van der Waals surface area contributed by atoms with Crippen LogP contribution in [-0.4, -0.2) is 26.3 Å². The first-order valence-electron chi connectivity index (χ1n) is 6.14. The molecule has 1 aromatic carbocycles. The molecule has 2 aliphatic heterocycles. The fraction of sp³-hybridized carbons (Fsp3) is 0.538. The van der Waals surface area contributed by atoms with Crippen molar-refractivity contribution in [2.75, 3.05) is 26.3 Å². The highest BCUT2D eigenvalue weighted by Gasteiger charge is 2.22. The van der Waals surface area contributed by atoms with Crippen molar-refractivity contribution >= 4 is 0 Å². The van der Waals surface area contributed by atoms with E-state index in [-0.39, 0.29) is 11.6 Å². The van der Waals surface area contributed by atoms with Crippen molar-refractivity contribution in [3.8, 4) is 11.5 Å². The Bertz CT molecular complexity index is 416. The van der Waals surface area contributed by atoms with Crippen LogP contribution in [0.3, 0.4) is 0 Å². The quantitative estimate of drug-likeness (QED) is 0.811.